The molecule has 22 heavy (non-hydrogen) atoms. The number of halogens is 1. The van der Waals surface area contributed by atoms with E-state index in [1.165, 1.54) is 0 Å². The molecule has 0 saturated carbocycles. The maximum atomic E-state index is 11.3. The van der Waals surface area contributed by atoms with Gasteiger partial charge in [0.25, 0.3) is 0 Å². The zero-order chi connectivity index (χ0) is 14.7. The van der Waals surface area contributed by atoms with Crippen LogP contribution in [0.2, 0.25) is 0 Å². The Bertz CT molecular complexity index is 713. The monoisotopic (exact) mass is 404 g/mol. The summed E-state index contributed by atoms with van der Waals surface area (Å²) in [6, 6.07) is 22.0. The first-order valence-corrected chi connectivity index (χ1v) is 6.56. The SMILES string of the molecule is O=C(O)c1cc(-c2ccccc2)[o+]c(-c2ccccc2)c1.[I-]. The molecule has 0 aliphatic heterocycles. The van der Waals surface area contributed by atoms with E-state index in [1.807, 2.05) is 60.7 Å². The standard InChI is InChI=1S/C18H12O3.HI/c19-18(20)15-11-16(13-7-3-1-4-8-13)21-17(12-15)14-9-5-2-6-10-14;/h1-12H;1H. The highest BCUT2D eigenvalue weighted by Crippen LogP contribution is 2.28. The van der Waals surface area contributed by atoms with Gasteiger partial charge < -0.3 is 29.1 Å². The van der Waals surface area contributed by atoms with Crippen LogP contribution in [-0.4, -0.2) is 11.1 Å². The Balaban J connectivity index is 0.00000176. The Kier molecular flexibility index (Phi) is 5.27. The van der Waals surface area contributed by atoms with Crippen molar-refractivity contribution in [3.63, 3.8) is 0 Å². The van der Waals surface area contributed by atoms with Crippen molar-refractivity contribution < 1.29 is 38.3 Å². The molecule has 0 radical (unpaired) electrons. The Morgan fingerprint density at radius 3 is 1.55 bits per heavy atom. The van der Waals surface area contributed by atoms with Crippen LogP contribution < -0.4 is 24.0 Å². The largest absolute Gasteiger partial charge is 1.00 e. The molecule has 110 valence electrons. The number of rotatable bonds is 3. The molecule has 3 rings (SSSR count). The highest BCUT2D eigenvalue weighted by atomic mass is 127. The lowest BCUT2D eigenvalue weighted by Gasteiger charge is -1.97. The summed E-state index contributed by atoms with van der Waals surface area (Å²) < 4.78 is 5.88. The normalized spacial score (nSPS) is 9.82. The first-order chi connectivity index (χ1) is 10.2. The lowest BCUT2D eigenvalue weighted by Crippen LogP contribution is -3.00. The first-order valence-electron chi connectivity index (χ1n) is 6.56. The van der Waals surface area contributed by atoms with E-state index in [0.29, 0.717) is 11.5 Å². The maximum absolute atomic E-state index is 11.3. The van der Waals surface area contributed by atoms with E-state index in [4.69, 9.17) is 4.42 Å². The maximum Gasteiger partial charge on any atom is 0.361 e. The van der Waals surface area contributed by atoms with Crippen LogP contribution in [-0.2, 0) is 0 Å². The summed E-state index contributed by atoms with van der Waals surface area (Å²) in [5.41, 5.74) is 1.90. The summed E-state index contributed by atoms with van der Waals surface area (Å²) in [7, 11) is 0. The molecule has 1 N–H and O–H groups in total. The van der Waals surface area contributed by atoms with Crippen LogP contribution >= 0.6 is 0 Å². The molecule has 1 heterocycles. The minimum atomic E-state index is -0.972. The van der Waals surface area contributed by atoms with Gasteiger partial charge in [0.05, 0.1) is 28.8 Å². The van der Waals surface area contributed by atoms with Crippen LogP contribution in [0.3, 0.4) is 0 Å². The van der Waals surface area contributed by atoms with E-state index >= 15 is 0 Å². The Morgan fingerprint density at radius 2 is 1.18 bits per heavy atom. The Morgan fingerprint density at radius 1 is 0.773 bits per heavy atom. The molecule has 4 heteroatoms. The minimum Gasteiger partial charge on any atom is -1.00 e. The number of hydrogen-bond acceptors (Lipinski definition) is 1. The topological polar surface area (TPSA) is 48.6 Å². The molecule has 0 unspecified atom stereocenters. The molecule has 2 aromatic carbocycles. The highest BCUT2D eigenvalue weighted by molar-refractivity contribution is 5.90. The summed E-state index contributed by atoms with van der Waals surface area (Å²) in [4.78, 5) is 11.3. The van der Waals surface area contributed by atoms with Crippen LogP contribution in [0.4, 0.5) is 0 Å². The molecule has 0 aliphatic carbocycles. The second-order valence-electron chi connectivity index (χ2n) is 4.61. The number of carboxylic acids is 1. The van der Waals surface area contributed by atoms with Crippen LogP contribution in [0, 0.1) is 0 Å². The Labute approximate surface area is 145 Å². The number of carbonyl (C=O) groups is 1. The molecular formula is C18H13IO3. The predicted octanol–water partition coefficient (Wildman–Crippen LogP) is 1.60. The molecule has 1 aromatic heterocycles. The van der Waals surface area contributed by atoms with Crippen molar-refractivity contribution in [2.24, 2.45) is 0 Å². The second kappa shape index (κ2) is 7.17. The van der Waals surface area contributed by atoms with Gasteiger partial charge in [-0.15, -0.1) is 0 Å². The van der Waals surface area contributed by atoms with Gasteiger partial charge in [-0.05, 0) is 24.3 Å². The van der Waals surface area contributed by atoms with Gasteiger partial charge in [0.15, 0.2) is 0 Å². The fourth-order valence-electron chi connectivity index (χ4n) is 2.11. The average Bonchev–Trinajstić information content (AvgIpc) is 2.56. The van der Waals surface area contributed by atoms with Gasteiger partial charge in [-0.3, -0.25) is 0 Å². The predicted molar refractivity (Wildman–Crippen MR) is 80.9 cm³/mol. The van der Waals surface area contributed by atoms with Crippen molar-refractivity contribution in [2.45, 2.75) is 0 Å². The lowest BCUT2D eigenvalue weighted by atomic mass is 10.1. The van der Waals surface area contributed by atoms with Crippen molar-refractivity contribution in [2.75, 3.05) is 0 Å². The van der Waals surface area contributed by atoms with Crippen molar-refractivity contribution in [1.29, 1.82) is 0 Å². The van der Waals surface area contributed by atoms with Crippen LogP contribution in [0.1, 0.15) is 10.4 Å². The van der Waals surface area contributed by atoms with Crippen LogP contribution in [0.5, 0.6) is 0 Å². The molecular weight excluding hydrogens is 391 g/mol. The van der Waals surface area contributed by atoms with Crippen LogP contribution in [0.25, 0.3) is 22.6 Å². The van der Waals surface area contributed by atoms with Gasteiger partial charge in [0, 0.05) is 0 Å². The van der Waals surface area contributed by atoms with Crippen LogP contribution in [0.15, 0.2) is 77.2 Å². The first kappa shape index (κ1) is 16.2. The smallest absolute Gasteiger partial charge is 0.361 e. The van der Waals surface area contributed by atoms with Gasteiger partial charge in [-0.25, -0.2) is 9.21 Å². The number of benzene rings is 2. The van der Waals surface area contributed by atoms with Gasteiger partial charge >= 0.3 is 17.5 Å². The van der Waals surface area contributed by atoms with Crippen molar-refractivity contribution in [1.82, 2.24) is 0 Å². The van der Waals surface area contributed by atoms with Gasteiger partial charge in [0.1, 0.15) is 0 Å². The number of hydrogen-bond donors (Lipinski definition) is 1. The van der Waals surface area contributed by atoms with Gasteiger partial charge in [0.2, 0.25) is 0 Å². The van der Waals surface area contributed by atoms with E-state index in [1.54, 1.807) is 12.1 Å². The summed E-state index contributed by atoms with van der Waals surface area (Å²) in [6.07, 6.45) is 0. The van der Waals surface area contributed by atoms with Gasteiger partial charge in [-0.1, -0.05) is 36.4 Å². The molecule has 0 spiro atoms. The fourth-order valence-corrected chi connectivity index (χ4v) is 2.11. The molecule has 0 fully saturated rings. The quantitative estimate of drug-likeness (QED) is 0.533. The molecule has 0 bridgehead atoms. The third-order valence-corrected chi connectivity index (χ3v) is 3.16. The van der Waals surface area contributed by atoms with E-state index in [9.17, 15) is 9.90 Å². The van der Waals surface area contributed by atoms with E-state index in [0.717, 1.165) is 11.1 Å². The molecule has 0 atom stereocenters. The molecule has 0 aliphatic rings. The zero-order valence-electron chi connectivity index (χ0n) is 11.6. The second-order valence-corrected chi connectivity index (χ2v) is 4.61. The molecule has 0 amide bonds. The third-order valence-electron chi connectivity index (χ3n) is 3.16. The van der Waals surface area contributed by atoms with Gasteiger partial charge in [-0.2, -0.15) is 0 Å². The molecule has 0 saturated heterocycles. The average molecular weight is 404 g/mol. The van der Waals surface area contributed by atoms with E-state index < -0.39 is 5.97 Å². The zero-order valence-corrected chi connectivity index (χ0v) is 13.7. The number of carboxylic acid groups (broad SMARTS) is 1. The third kappa shape index (κ3) is 3.51. The summed E-state index contributed by atoms with van der Waals surface area (Å²) >= 11 is 0. The van der Waals surface area contributed by atoms with E-state index in [2.05, 4.69) is 0 Å². The summed E-state index contributed by atoms with van der Waals surface area (Å²) in [6.45, 7) is 0. The van der Waals surface area contributed by atoms with E-state index in [-0.39, 0.29) is 29.5 Å². The van der Waals surface area contributed by atoms with Crippen molar-refractivity contribution in [3.8, 4) is 22.6 Å². The summed E-state index contributed by atoms with van der Waals surface area (Å²) in [5, 5.41) is 9.29. The summed E-state index contributed by atoms with van der Waals surface area (Å²) in [5.74, 6) is 0.101. The Hall–Kier alpha value is -2.21. The molecule has 3 nitrogen and oxygen atoms in total. The number of aromatic carboxylic acids is 1. The van der Waals surface area contributed by atoms with Crippen molar-refractivity contribution >= 4 is 5.97 Å². The molecule has 3 aromatic rings. The fraction of sp³-hybridized carbons (Fsp3) is 0. The highest BCUT2D eigenvalue weighted by Gasteiger charge is 2.21. The van der Waals surface area contributed by atoms with Crippen molar-refractivity contribution in [3.05, 3.63) is 78.4 Å². The minimum absolute atomic E-state index is 0. The lowest BCUT2D eigenvalue weighted by molar-refractivity contribution is -0.0000199.